The molecule has 7 rings (SSSR count). The van der Waals surface area contributed by atoms with Crippen molar-refractivity contribution < 1.29 is 18.6 Å². The van der Waals surface area contributed by atoms with Crippen molar-refractivity contribution in [3.63, 3.8) is 0 Å². The number of benzene rings is 1. The molecule has 2 aliphatic rings. The summed E-state index contributed by atoms with van der Waals surface area (Å²) in [6.45, 7) is 6.49. The van der Waals surface area contributed by atoms with Crippen LogP contribution >= 0.6 is 0 Å². The van der Waals surface area contributed by atoms with Gasteiger partial charge in [-0.05, 0) is 17.7 Å². The number of nitrogens with zero attached hydrogens (tertiary/aromatic N) is 11. The Hall–Kier alpha value is -4.60. The summed E-state index contributed by atoms with van der Waals surface area (Å²) in [4.78, 5) is 22.6. The fourth-order valence-corrected chi connectivity index (χ4v) is 5.32. The van der Waals surface area contributed by atoms with E-state index in [0.717, 1.165) is 44.0 Å². The lowest BCUT2D eigenvalue weighted by Crippen LogP contribution is -2.45. The summed E-state index contributed by atoms with van der Waals surface area (Å²) in [5, 5.41) is 12.7. The van der Waals surface area contributed by atoms with Gasteiger partial charge in [-0.25, -0.2) is 29.0 Å². The van der Waals surface area contributed by atoms with Crippen LogP contribution in [0.3, 0.4) is 0 Å². The topological polar surface area (TPSA) is 134 Å². The number of fused-ring (bicyclic) bond motifs is 1. The number of aryl methyl sites for hydroxylation is 1. The molecule has 14 nitrogen and oxygen atoms in total. The zero-order valence-corrected chi connectivity index (χ0v) is 24.3. The lowest BCUT2D eigenvalue weighted by molar-refractivity contribution is 0.0273. The van der Waals surface area contributed by atoms with Crippen molar-refractivity contribution in [2.75, 3.05) is 64.1 Å². The highest BCUT2D eigenvalue weighted by Crippen LogP contribution is 2.26. The molecule has 0 N–H and O–H groups in total. The number of halogens is 1. The van der Waals surface area contributed by atoms with E-state index in [4.69, 9.17) is 19.2 Å². The van der Waals surface area contributed by atoms with Crippen molar-refractivity contribution in [2.24, 2.45) is 7.05 Å². The summed E-state index contributed by atoms with van der Waals surface area (Å²) >= 11 is 0. The van der Waals surface area contributed by atoms with Gasteiger partial charge in [-0.3, -0.25) is 9.58 Å². The Kier molecular flexibility index (Phi) is 8.04. The maximum atomic E-state index is 14.8. The molecule has 0 unspecified atom stereocenters. The summed E-state index contributed by atoms with van der Waals surface area (Å²) in [7, 11) is 1.85. The van der Waals surface area contributed by atoms with E-state index < -0.39 is 5.82 Å². The zero-order chi connectivity index (χ0) is 29.9. The first-order chi connectivity index (χ1) is 21.6. The number of hydrogen-bond acceptors (Lipinski definition) is 12. The summed E-state index contributed by atoms with van der Waals surface area (Å²) in [5.74, 6) is 0.397. The van der Waals surface area contributed by atoms with Crippen LogP contribution in [-0.4, -0.2) is 115 Å². The van der Waals surface area contributed by atoms with Crippen LogP contribution in [0.1, 0.15) is 0 Å². The van der Waals surface area contributed by atoms with Crippen LogP contribution in [-0.2, 0) is 23.1 Å². The molecule has 44 heavy (non-hydrogen) atoms. The fourth-order valence-electron chi connectivity index (χ4n) is 5.32. The molecule has 0 spiro atoms. The number of rotatable bonds is 9. The first kappa shape index (κ1) is 28.2. The van der Waals surface area contributed by atoms with Gasteiger partial charge in [0.25, 0.3) is 0 Å². The van der Waals surface area contributed by atoms with Crippen molar-refractivity contribution in [2.45, 2.75) is 12.6 Å². The quantitative estimate of drug-likeness (QED) is 0.244. The predicted octanol–water partition coefficient (Wildman–Crippen LogP) is 1.83. The van der Waals surface area contributed by atoms with Crippen molar-refractivity contribution >= 4 is 17.2 Å². The molecule has 4 aromatic heterocycles. The zero-order valence-electron chi connectivity index (χ0n) is 24.3. The Labute approximate surface area is 252 Å². The fraction of sp³-hybridized carbons (Fsp3) is 0.414. The molecule has 0 saturated carbocycles. The van der Waals surface area contributed by atoms with Crippen molar-refractivity contribution in [3.05, 3.63) is 55.0 Å². The van der Waals surface area contributed by atoms with E-state index in [-0.39, 0.29) is 11.9 Å². The highest BCUT2D eigenvalue weighted by Gasteiger charge is 2.25. The number of ether oxygens (including phenoxy) is 3. The first-order valence-corrected chi connectivity index (χ1v) is 14.6. The molecule has 0 aliphatic carbocycles. The summed E-state index contributed by atoms with van der Waals surface area (Å²) in [6.07, 6.45) is 8.52. The molecule has 0 bridgehead atoms. The van der Waals surface area contributed by atoms with Gasteiger partial charge in [-0.15, -0.1) is 5.10 Å². The second-order valence-electron chi connectivity index (χ2n) is 10.7. The molecule has 0 amide bonds. The average molecular weight is 602 g/mol. The van der Waals surface area contributed by atoms with E-state index in [0.29, 0.717) is 61.3 Å². The first-order valence-electron chi connectivity index (χ1n) is 14.6. The molecule has 15 heteroatoms. The monoisotopic (exact) mass is 601 g/mol. The Morgan fingerprint density at radius 3 is 2.64 bits per heavy atom. The molecule has 228 valence electrons. The van der Waals surface area contributed by atoms with E-state index in [9.17, 15) is 4.39 Å². The smallest absolute Gasteiger partial charge is 0.225 e. The van der Waals surface area contributed by atoms with Crippen molar-refractivity contribution in [3.8, 4) is 28.1 Å². The van der Waals surface area contributed by atoms with E-state index in [1.165, 1.54) is 6.07 Å². The molecular formula is C29H32FN11O3. The van der Waals surface area contributed by atoms with E-state index in [1.807, 2.05) is 19.3 Å². The predicted molar refractivity (Wildman–Crippen MR) is 157 cm³/mol. The van der Waals surface area contributed by atoms with Gasteiger partial charge in [-0.1, -0.05) is 11.3 Å². The number of hydrogen-bond donors (Lipinski definition) is 0. The van der Waals surface area contributed by atoms with E-state index in [2.05, 4.69) is 40.2 Å². The van der Waals surface area contributed by atoms with Crippen molar-refractivity contribution in [1.82, 2.24) is 49.6 Å². The van der Waals surface area contributed by atoms with Gasteiger partial charge >= 0.3 is 0 Å². The second-order valence-corrected chi connectivity index (χ2v) is 10.7. The highest BCUT2D eigenvalue weighted by atomic mass is 19.1. The number of anilines is 1. The number of aromatic nitrogens is 9. The molecular weight excluding hydrogens is 569 g/mol. The van der Waals surface area contributed by atoms with Crippen LogP contribution < -0.4 is 9.64 Å². The minimum atomic E-state index is -0.414. The average Bonchev–Trinajstić information content (AvgIpc) is 3.68. The third-order valence-electron chi connectivity index (χ3n) is 7.70. The summed E-state index contributed by atoms with van der Waals surface area (Å²) in [5.41, 5.74) is 4.00. The van der Waals surface area contributed by atoms with Gasteiger partial charge < -0.3 is 19.1 Å². The lowest BCUT2D eigenvalue weighted by atomic mass is 10.1. The van der Waals surface area contributed by atoms with Gasteiger partial charge in [0.1, 0.15) is 6.61 Å². The maximum absolute atomic E-state index is 14.8. The minimum absolute atomic E-state index is 0.189. The molecule has 2 fully saturated rings. The third-order valence-corrected chi connectivity index (χ3v) is 7.70. The molecule has 2 saturated heterocycles. The van der Waals surface area contributed by atoms with Gasteiger partial charge in [0.2, 0.25) is 11.6 Å². The van der Waals surface area contributed by atoms with Crippen LogP contribution in [0.15, 0.2) is 49.2 Å². The third kappa shape index (κ3) is 6.20. The van der Waals surface area contributed by atoms with Gasteiger partial charge in [-0.2, -0.15) is 5.10 Å². The van der Waals surface area contributed by atoms with Gasteiger partial charge in [0.05, 0.1) is 50.6 Å². The van der Waals surface area contributed by atoms with E-state index >= 15 is 0 Å². The van der Waals surface area contributed by atoms with Crippen LogP contribution in [0, 0.1) is 5.82 Å². The van der Waals surface area contributed by atoms with E-state index in [1.54, 1.807) is 40.2 Å². The molecule has 6 heterocycles. The lowest BCUT2D eigenvalue weighted by Gasteiger charge is -2.32. The molecule has 0 radical (unpaired) electrons. The number of morpholine rings is 2. The minimum Gasteiger partial charge on any atom is -0.489 e. The normalized spacial score (nSPS) is 17.8. The molecule has 1 aromatic carbocycles. The van der Waals surface area contributed by atoms with Crippen LogP contribution in [0.2, 0.25) is 0 Å². The van der Waals surface area contributed by atoms with Crippen molar-refractivity contribution in [1.29, 1.82) is 0 Å². The van der Waals surface area contributed by atoms with Crippen LogP contribution in [0.4, 0.5) is 10.3 Å². The maximum Gasteiger partial charge on any atom is 0.225 e. The summed E-state index contributed by atoms with van der Waals surface area (Å²) in [6, 6.07) is 4.93. The SMILES string of the molecule is Cn1cc(-c2cnc3nnn(C[C@@H]4CN(c5ncc(-c6ccc(OCCN7CCOCC7)c(F)c6)cn5)CCO4)c3n2)cn1. The standard InChI is InChI=1S/C29H32FN11O3/c1-38-17-22(15-34-38)25-16-31-27-28(35-25)41(37-36-27)19-23-18-40(7-11-43-23)29-32-13-21(14-33-29)20-2-3-26(24(30)12-20)44-10-6-39-4-8-42-9-5-39/h2-3,12-17,23H,4-11,18-19H2,1H3/t23-/m0/s1. The Morgan fingerprint density at radius 1 is 0.977 bits per heavy atom. The van der Waals surface area contributed by atoms with Gasteiger partial charge in [0.15, 0.2) is 17.2 Å². The van der Waals surface area contributed by atoms with Crippen LogP contribution in [0.5, 0.6) is 5.75 Å². The van der Waals surface area contributed by atoms with Gasteiger partial charge in [0, 0.05) is 69.5 Å². The summed E-state index contributed by atoms with van der Waals surface area (Å²) < 4.78 is 35.4. The molecule has 5 aromatic rings. The Balaban J connectivity index is 0.978. The Morgan fingerprint density at radius 2 is 1.84 bits per heavy atom. The van der Waals surface area contributed by atoms with Crippen LogP contribution in [0.25, 0.3) is 33.7 Å². The molecule has 2 aliphatic heterocycles. The molecule has 1 atom stereocenters. The highest BCUT2D eigenvalue weighted by molar-refractivity contribution is 5.69. The second kappa shape index (κ2) is 12.6. The largest absolute Gasteiger partial charge is 0.489 e. The Bertz CT molecular complexity index is 1720.